The molecule has 2 aromatic carbocycles. The molecule has 0 radical (unpaired) electrons. The number of aliphatic hydroxyl groups excluding tert-OH is 2. The molecule has 2 aromatic rings. The molecule has 2 saturated heterocycles. The van der Waals surface area contributed by atoms with Crippen LogP contribution in [-0.2, 0) is 30.3 Å². The van der Waals surface area contributed by atoms with Gasteiger partial charge in [-0.15, -0.1) is 0 Å². The van der Waals surface area contributed by atoms with Crippen molar-refractivity contribution in [1.29, 1.82) is 0 Å². The predicted molar refractivity (Wildman–Crippen MR) is 111 cm³/mol. The van der Waals surface area contributed by atoms with Gasteiger partial charge in [-0.1, -0.05) is 60.7 Å². The van der Waals surface area contributed by atoms with Crippen molar-refractivity contribution in [2.45, 2.75) is 62.7 Å². The molecule has 0 aliphatic carbocycles. The maximum Gasteiger partial charge on any atom is 0.306 e. The fraction of sp³-hybridized carbons (Fsp3) is 0.458. The summed E-state index contributed by atoms with van der Waals surface area (Å²) in [6, 6.07) is 19.0. The third-order valence-corrected chi connectivity index (χ3v) is 5.61. The van der Waals surface area contributed by atoms with Gasteiger partial charge < -0.3 is 29.2 Å². The van der Waals surface area contributed by atoms with Gasteiger partial charge in [-0.25, -0.2) is 0 Å². The molecule has 4 rings (SSSR count). The van der Waals surface area contributed by atoms with Crippen LogP contribution in [0.15, 0.2) is 60.7 Å². The molecular formula is C24H28O7. The van der Waals surface area contributed by atoms with Crippen LogP contribution in [-0.4, -0.2) is 53.5 Å². The summed E-state index contributed by atoms with van der Waals surface area (Å²) >= 11 is 0. The molecule has 166 valence electrons. The summed E-state index contributed by atoms with van der Waals surface area (Å²) in [5.41, 5.74) is 1.79. The van der Waals surface area contributed by atoms with Crippen LogP contribution in [0, 0.1) is 0 Å². The van der Waals surface area contributed by atoms with Crippen LogP contribution < -0.4 is 0 Å². The summed E-state index contributed by atoms with van der Waals surface area (Å²) in [7, 11) is 0. The third-order valence-electron chi connectivity index (χ3n) is 5.61. The van der Waals surface area contributed by atoms with Gasteiger partial charge in [0.15, 0.2) is 12.4 Å². The molecule has 2 heterocycles. The number of hydrogen-bond donors (Lipinski definition) is 2. The van der Waals surface area contributed by atoms with Gasteiger partial charge in [-0.05, 0) is 24.0 Å². The minimum absolute atomic E-state index is 0.137. The van der Waals surface area contributed by atoms with Gasteiger partial charge in [0.25, 0.3) is 0 Å². The smallest absolute Gasteiger partial charge is 0.306 e. The second-order valence-corrected chi connectivity index (χ2v) is 7.90. The maximum absolute atomic E-state index is 12.5. The first-order valence-corrected chi connectivity index (χ1v) is 10.6. The lowest BCUT2D eigenvalue weighted by molar-refractivity contribution is -0.202. The predicted octanol–water partition coefficient (Wildman–Crippen LogP) is 2.50. The molecule has 0 spiro atoms. The van der Waals surface area contributed by atoms with Crippen molar-refractivity contribution in [3.63, 3.8) is 0 Å². The van der Waals surface area contributed by atoms with Crippen LogP contribution in [0.4, 0.5) is 0 Å². The van der Waals surface area contributed by atoms with E-state index in [-0.39, 0.29) is 13.0 Å². The molecule has 0 aromatic heterocycles. The highest BCUT2D eigenvalue weighted by Gasteiger charge is 2.54. The standard InChI is InChI=1S/C24H28O7/c25-18(17-10-5-2-6-11-17)12-7-13-20(27)30-23-22-21(19(26)15-28-22)31-24(23)29-14-16-8-3-1-4-9-16/h1-6,8-11,18-19,21-26H,7,12-15H2/t18?,19-,21-,22+,23-,24+/m1/s1. The van der Waals surface area contributed by atoms with Crippen molar-refractivity contribution in [1.82, 2.24) is 0 Å². The van der Waals surface area contributed by atoms with Gasteiger partial charge >= 0.3 is 5.97 Å². The second-order valence-electron chi connectivity index (χ2n) is 7.90. The SMILES string of the molecule is O=C(CCCC(O)c1ccccc1)O[C@H]1[C@@H](OCc2ccccc2)O[C@H]2[C@@H]1OC[C@H]2O. The molecule has 7 heteroatoms. The second kappa shape index (κ2) is 10.3. The Morgan fingerprint density at radius 2 is 1.77 bits per heavy atom. The minimum atomic E-state index is -0.816. The zero-order valence-electron chi connectivity index (χ0n) is 17.2. The monoisotopic (exact) mass is 428 g/mol. The Balaban J connectivity index is 1.30. The lowest BCUT2D eigenvalue weighted by Gasteiger charge is -2.22. The van der Waals surface area contributed by atoms with E-state index in [9.17, 15) is 15.0 Å². The van der Waals surface area contributed by atoms with Crippen molar-refractivity contribution in [2.75, 3.05) is 6.61 Å². The van der Waals surface area contributed by atoms with E-state index >= 15 is 0 Å². The van der Waals surface area contributed by atoms with Gasteiger partial charge in [0.1, 0.15) is 18.3 Å². The quantitative estimate of drug-likeness (QED) is 0.593. The van der Waals surface area contributed by atoms with E-state index in [1.54, 1.807) is 0 Å². The summed E-state index contributed by atoms with van der Waals surface area (Å²) in [5, 5.41) is 20.3. The zero-order valence-corrected chi connectivity index (χ0v) is 17.2. The molecule has 2 fully saturated rings. The first-order chi connectivity index (χ1) is 15.1. The van der Waals surface area contributed by atoms with Crippen molar-refractivity contribution < 1.29 is 34.0 Å². The Morgan fingerprint density at radius 1 is 1.06 bits per heavy atom. The average Bonchev–Trinajstić information content (AvgIpc) is 3.33. The summed E-state index contributed by atoms with van der Waals surface area (Å²) in [6.45, 7) is 0.427. The van der Waals surface area contributed by atoms with Crippen LogP contribution >= 0.6 is 0 Å². The average molecular weight is 428 g/mol. The van der Waals surface area contributed by atoms with E-state index in [1.165, 1.54) is 0 Å². The fourth-order valence-electron chi connectivity index (χ4n) is 3.96. The van der Waals surface area contributed by atoms with Gasteiger partial charge in [0.05, 0.1) is 19.3 Å². The number of fused-ring (bicyclic) bond motifs is 1. The van der Waals surface area contributed by atoms with Crippen LogP contribution in [0.25, 0.3) is 0 Å². The summed E-state index contributed by atoms with van der Waals surface area (Å²) in [6.07, 6.45) is -3.02. The zero-order chi connectivity index (χ0) is 21.6. The van der Waals surface area contributed by atoms with Crippen LogP contribution in [0.1, 0.15) is 36.5 Å². The molecular weight excluding hydrogens is 400 g/mol. The molecule has 2 N–H and O–H groups in total. The van der Waals surface area contributed by atoms with Gasteiger partial charge in [0.2, 0.25) is 0 Å². The van der Waals surface area contributed by atoms with Gasteiger partial charge in [-0.2, -0.15) is 0 Å². The van der Waals surface area contributed by atoms with Crippen molar-refractivity contribution in [3.05, 3.63) is 71.8 Å². The number of carbonyl (C=O) groups excluding carboxylic acids is 1. The Kier molecular flexibility index (Phi) is 7.32. The van der Waals surface area contributed by atoms with E-state index in [4.69, 9.17) is 18.9 Å². The molecule has 2 aliphatic rings. The molecule has 7 nitrogen and oxygen atoms in total. The number of aliphatic hydroxyl groups is 2. The van der Waals surface area contributed by atoms with Crippen LogP contribution in [0.2, 0.25) is 0 Å². The molecule has 0 amide bonds. The van der Waals surface area contributed by atoms with Crippen LogP contribution in [0.3, 0.4) is 0 Å². The topological polar surface area (TPSA) is 94.5 Å². The summed E-state index contributed by atoms with van der Waals surface area (Å²) in [5.74, 6) is -0.409. The number of esters is 1. The largest absolute Gasteiger partial charge is 0.454 e. The number of hydrogen-bond acceptors (Lipinski definition) is 7. The Morgan fingerprint density at radius 3 is 2.52 bits per heavy atom. The van der Waals surface area contributed by atoms with Crippen molar-refractivity contribution >= 4 is 5.97 Å². The summed E-state index contributed by atoms with van der Waals surface area (Å²) in [4.78, 5) is 12.5. The maximum atomic E-state index is 12.5. The van der Waals surface area contributed by atoms with E-state index < -0.39 is 42.8 Å². The van der Waals surface area contributed by atoms with Crippen molar-refractivity contribution in [3.8, 4) is 0 Å². The highest BCUT2D eigenvalue weighted by molar-refractivity contribution is 5.69. The number of benzene rings is 2. The Labute approximate surface area is 181 Å². The molecule has 0 bridgehead atoms. The number of rotatable bonds is 9. The fourth-order valence-corrected chi connectivity index (χ4v) is 3.96. The lowest BCUT2D eigenvalue weighted by atomic mass is 10.0. The number of carbonyl (C=O) groups is 1. The molecule has 0 saturated carbocycles. The first kappa shape index (κ1) is 21.9. The molecule has 31 heavy (non-hydrogen) atoms. The molecule has 1 unspecified atom stereocenters. The normalized spacial score (nSPS) is 28.3. The summed E-state index contributed by atoms with van der Waals surface area (Å²) < 4.78 is 22.9. The van der Waals surface area contributed by atoms with Crippen LogP contribution in [0.5, 0.6) is 0 Å². The molecule has 2 aliphatic heterocycles. The van der Waals surface area contributed by atoms with E-state index in [1.807, 2.05) is 60.7 Å². The van der Waals surface area contributed by atoms with Gasteiger partial charge in [0, 0.05) is 6.42 Å². The van der Waals surface area contributed by atoms with E-state index in [0.29, 0.717) is 19.4 Å². The highest BCUT2D eigenvalue weighted by Crippen LogP contribution is 2.34. The molecule has 6 atom stereocenters. The van der Waals surface area contributed by atoms with E-state index in [0.717, 1.165) is 11.1 Å². The lowest BCUT2D eigenvalue weighted by Crippen LogP contribution is -2.38. The Hall–Kier alpha value is -2.29. The van der Waals surface area contributed by atoms with Gasteiger partial charge in [-0.3, -0.25) is 4.79 Å². The number of ether oxygens (including phenoxy) is 4. The minimum Gasteiger partial charge on any atom is -0.454 e. The van der Waals surface area contributed by atoms with E-state index in [2.05, 4.69) is 0 Å². The van der Waals surface area contributed by atoms with Crippen molar-refractivity contribution in [2.24, 2.45) is 0 Å². The highest BCUT2D eigenvalue weighted by atomic mass is 16.7. The Bertz CT molecular complexity index is 828. The third kappa shape index (κ3) is 5.50. The first-order valence-electron chi connectivity index (χ1n) is 10.6.